The molecule has 0 heterocycles. The number of aromatic hydroxyl groups is 1. The van der Waals surface area contributed by atoms with Gasteiger partial charge in [0.05, 0.1) is 12.5 Å². The number of amides is 4. The molecule has 0 saturated heterocycles. The largest absolute Gasteiger partial charge is 0.508 e. The minimum atomic E-state index is -1.47. The number of carbonyl (C=O) groups excluding carboxylic acids is 4. The normalized spacial score (nSPS) is 12.6. The van der Waals surface area contributed by atoms with Gasteiger partial charge < -0.3 is 31.1 Å². The van der Waals surface area contributed by atoms with Gasteiger partial charge in [0.2, 0.25) is 17.7 Å². The van der Waals surface area contributed by atoms with E-state index in [1.54, 1.807) is 27.7 Å². The maximum absolute atomic E-state index is 13.5. The van der Waals surface area contributed by atoms with Gasteiger partial charge in [0.1, 0.15) is 30.0 Å². The number of nitriles is 1. The lowest BCUT2D eigenvalue weighted by Crippen LogP contribution is -2.54. The smallest absolute Gasteiger partial charge is 0.408 e. The molecule has 2 atom stereocenters. The number of alkyl carbamates (subject to hydrolysis) is 1. The first-order valence-corrected chi connectivity index (χ1v) is 11.3. The Morgan fingerprint density at radius 3 is 2.43 bits per heavy atom. The first-order valence-electron chi connectivity index (χ1n) is 11.3. The van der Waals surface area contributed by atoms with Crippen molar-refractivity contribution in [2.75, 3.05) is 13.1 Å². The summed E-state index contributed by atoms with van der Waals surface area (Å²) in [4.78, 5) is 51.7. The highest BCUT2D eigenvalue weighted by Crippen LogP contribution is 2.27. The standard InChI is InChI=1S/C24H35N5O6/c1-6-7-11-27-21(32)20(16-8-9-18(30)15(2)13-16)29(12-10-25)22(33)17(14-19(26)31)28-23(34)35-24(3,4)5/h8-9,13,17,20,30H,6-7,11-12,14H2,1-5H3,(H2,26,31)(H,27,32)(H,28,34). The number of aryl methyl sites for hydroxylation is 1. The molecule has 0 aliphatic heterocycles. The van der Waals surface area contributed by atoms with E-state index in [1.165, 1.54) is 18.2 Å². The zero-order chi connectivity index (χ0) is 26.8. The summed E-state index contributed by atoms with van der Waals surface area (Å²) >= 11 is 0. The number of phenolic OH excluding ortho intramolecular Hbond substituents is 1. The fourth-order valence-electron chi connectivity index (χ4n) is 3.23. The van der Waals surface area contributed by atoms with Gasteiger partial charge in [0.25, 0.3) is 0 Å². The summed E-state index contributed by atoms with van der Waals surface area (Å²) in [6, 6.07) is 3.50. The molecule has 0 fully saturated rings. The first-order chi connectivity index (χ1) is 16.3. The topological polar surface area (TPSA) is 175 Å². The van der Waals surface area contributed by atoms with Crippen molar-refractivity contribution < 1.29 is 29.0 Å². The number of carbonyl (C=O) groups is 4. The van der Waals surface area contributed by atoms with Crippen LogP contribution in [-0.4, -0.2) is 58.6 Å². The van der Waals surface area contributed by atoms with Gasteiger partial charge >= 0.3 is 6.09 Å². The second-order valence-electron chi connectivity index (χ2n) is 9.09. The zero-order valence-corrected chi connectivity index (χ0v) is 20.9. The first kappa shape index (κ1) is 29.2. The van der Waals surface area contributed by atoms with Gasteiger partial charge in [-0.2, -0.15) is 5.26 Å². The summed E-state index contributed by atoms with van der Waals surface area (Å²) in [6.45, 7) is 8.29. The predicted octanol–water partition coefficient (Wildman–Crippen LogP) is 1.78. The number of nitrogens with zero attached hydrogens (tertiary/aromatic N) is 2. The van der Waals surface area contributed by atoms with Gasteiger partial charge in [0.15, 0.2) is 0 Å². The molecule has 0 aliphatic carbocycles. The van der Waals surface area contributed by atoms with E-state index in [0.717, 1.165) is 11.3 Å². The highest BCUT2D eigenvalue weighted by molar-refractivity contribution is 5.94. The molecule has 192 valence electrons. The van der Waals surface area contributed by atoms with E-state index in [9.17, 15) is 29.5 Å². The molecule has 1 aromatic rings. The molecule has 0 spiro atoms. The minimum Gasteiger partial charge on any atom is -0.508 e. The van der Waals surface area contributed by atoms with E-state index < -0.39 is 54.5 Å². The number of benzene rings is 1. The lowest BCUT2D eigenvalue weighted by atomic mass is 9.99. The summed E-state index contributed by atoms with van der Waals surface area (Å²) in [5.74, 6) is -2.30. The zero-order valence-electron chi connectivity index (χ0n) is 20.9. The summed E-state index contributed by atoms with van der Waals surface area (Å²) in [7, 11) is 0. The van der Waals surface area contributed by atoms with Crippen molar-refractivity contribution in [2.24, 2.45) is 5.73 Å². The van der Waals surface area contributed by atoms with Crippen molar-refractivity contribution in [3.05, 3.63) is 29.3 Å². The Labute approximate surface area is 205 Å². The Bertz CT molecular complexity index is 966. The predicted molar refractivity (Wildman–Crippen MR) is 128 cm³/mol. The van der Waals surface area contributed by atoms with Crippen LogP contribution in [0, 0.1) is 18.3 Å². The third kappa shape index (κ3) is 9.52. The molecular weight excluding hydrogens is 454 g/mol. The van der Waals surface area contributed by atoms with Crippen LogP contribution in [0.15, 0.2) is 18.2 Å². The number of hydrogen-bond donors (Lipinski definition) is 4. The molecule has 2 unspecified atom stereocenters. The number of unbranched alkanes of at least 4 members (excludes halogenated alkanes) is 1. The molecular formula is C24H35N5O6. The van der Waals surface area contributed by atoms with Crippen LogP contribution in [0.5, 0.6) is 5.75 Å². The van der Waals surface area contributed by atoms with E-state index in [-0.39, 0.29) is 5.75 Å². The summed E-state index contributed by atoms with van der Waals surface area (Å²) in [5, 5.41) is 24.5. The molecule has 0 aliphatic rings. The Hall–Kier alpha value is -3.81. The Morgan fingerprint density at radius 1 is 1.26 bits per heavy atom. The van der Waals surface area contributed by atoms with Crippen LogP contribution >= 0.6 is 0 Å². The molecule has 11 nitrogen and oxygen atoms in total. The second-order valence-corrected chi connectivity index (χ2v) is 9.09. The number of nitrogens with one attached hydrogen (secondary N) is 2. The van der Waals surface area contributed by atoms with Crippen molar-refractivity contribution in [1.82, 2.24) is 15.5 Å². The SMILES string of the molecule is CCCCNC(=O)C(c1ccc(O)c(C)c1)N(CC#N)C(=O)C(CC(N)=O)NC(=O)OC(C)(C)C. The Kier molecular flexibility index (Phi) is 11.0. The highest BCUT2D eigenvalue weighted by Gasteiger charge is 2.37. The third-order valence-electron chi connectivity index (χ3n) is 4.84. The van der Waals surface area contributed by atoms with Gasteiger partial charge in [-0.25, -0.2) is 4.79 Å². The van der Waals surface area contributed by atoms with E-state index >= 15 is 0 Å². The number of primary amides is 1. The van der Waals surface area contributed by atoms with Crippen molar-refractivity contribution >= 4 is 23.8 Å². The molecule has 11 heteroatoms. The van der Waals surface area contributed by atoms with Gasteiger partial charge in [-0.15, -0.1) is 0 Å². The molecule has 0 bridgehead atoms. The highest BCUT2D eigenvalue weighted by atomic mass is 16.6. The second kappa shape index (κ2) is 13.2. The molecule has 0 radical (unpaired) electrons. The van der Waals surface area contributed by atoms with Gasteiger partial charge in [0, 0.05) is 6.54 Å². The number of nitrogens with two attached hydrogens (primary N) is 1. The monoisotopic (exact) mass is 489 g/mol. The number of ether oxygens (including phenoxy) is 1. The molecule has 1 rings (SSSR count). The van der Waals surface area contributed by atoms with Crippen molar-refractivity contribution in [3.8, 4) is 11.8 Å². The van der Waals surface area contributed by atoms with Crippen molar-refractivity contribution in [3.63, 3.8) is 0 Å². The molecule has 35 heavy (non-hydrogen) atoms. The van der Waals surface area contributed by atoms with E-state index in [1.807, 2.05) is 13.0 Å². The molecule has 5 N–H and O–H groups in total. The molecule has 1 aromatic carbocycles. The molecule has 0 aromatic heterocycles. The van der Waals surface area contributed by atoms with E-state index in [4.69, 9.17) is 10.5 Å². The summed E-state index contributed by atoms with van der Waals surface area (Å²) in [5.41, 5.74) is 5.22. The van der Waals surface area contributed by atoms with Gasteiger partial charge in [-0.05, 0) is 57.4 Å². The summed E-state index contributed by atoms with van der Waals surface area (Å²) < 4.78 is 5.18. The van der Waals surface area contributed by atoms with Crippen LogP contribution in [-0.2, 0) is 19.1 Å². The molecule has 4 amide bonds. The number of rotatable bonds is 11. The fourth-order valence-corrected chi connectivity index (χ4v) is 3.23. The van der Waals surface area contributed by atoms with Crippen LogP contribution in [0.1, 0.15) is 64.1 Å². The Balaban J connectivity index is 3.45. The average molecular weight is 490 g/mol. The van der Waals surface area contributed by atoms with Crippen LogP contribution in [0.25, 0.3) is 0 Å². The van der Waals surface area contributed by atoms with Crippen LogP contribution < -0.4 is 16.4 Å². The number of phenols is 1. The van der Waals surface area contributed by atoms with Gasteiger partial charge in [-0.3, -0.25) is 14.4 Å². The van der Waals surface area contributed by atoms with Crippen LogP contribution in [0.2, 0.25) is 0 Å². The summed E-state index contributed by atoms with van der Waals surface area (Å²) in [6.07, 6.45) is -0.00825. The lowest BCUT2D eigenvalue weighted by Gasteiger charge is -2.32. The maximum Gasteiger partial charge on any atom is 0.408 e. The quantitative estimate of drug-likeness (QED) is 0.270. The minimum absolute atomic E-state index is 0.00440. The van der Waals surface area contributed by atoms with E-state index in [2.05, 4.69) is 10.6 Å². The van der Waals surface area contributed by atoms with Crippen molar-refractivity contribution in [2.45, 2.75) is 71.6 Å². The molecule has 0 saturated carbocycles. The third-order valence-corrected chi connectivity index (χ3v) is 4.84. The van der Waals surface area contributed by atoms with Gasteiger partial charge in [-0.1, -0.05) is 19.4 Å². The maximum atomic E-state index is 13.5. The fraction of sp³-hybridized carbons (Fsp3) is 0.542. The van der Waals surface area contributed by atoms with E-state index in [0.29, 0.717) is 24.1 Å². The van der Waals surface area contributed by atoms with Crippen LogP contribution in [0.4, 0.5) is 4.79 Å². The average Bonchev–Trinajstić information content (AvgIpc) is 2.73. The van der Waals surface area contributed by atoms with Crippen molar-refractivity contribution in [1.29, 1.82) is 5.26 Å². The Morgan fingerprint density at radius 2 is 1.91 bits per heavy atom. The van der Waals surface area contributed by atoms with Crippen LogP contribution in [0.3, 0.4) is 0 Å². The lowest BCUT2D eigenvalue weighted by molar-refractivity contribution is -0.142. The number of hydrogen-bond acceptors (Lipinski definition) is 7.